The van der Waals surface area contributed by atoms with Crippen molar-refractivity contribution in [2.45, 2.75) is 13.3 Å². The summed E-state index contributed by atoms with van der Waals surface area (Å²) in [5.74, 6) is 1.13. The fourth-order valence-corrected chi connectivity index (χ4v) is 2.57. The molecule has 0 radical (unpaired) electrons. The number of ether oxygens (including phenoxy) is 3. The third-order valence-electron chi connectivity index (χ3n) is 4.12. The van der Waals surface area contributed by atoms with Gasteiger partial charge in [-0.05, 0) is 61.0 Å². The summed E-state index contributed by atoms with van der Waals surface area (Å²) >= 11 is 0. The maximum absolute atomic E-state index is 13.0. The third kappa shape index (κ3) is 7.26. The normalized spacial score (nSPS) is 10.4. The number of halogens is 1. The van der Waals surface area contributed by atoms with Crippen LogP contribution >= 0.6 is 0 Å². The van der Waals surface area contributed by atoms with Crippen molar-refractivity contribution in [3.63, 3.8) is 0 Å². The summed E-state index contributed by atoms with van der Waals surface area (Å²) in [6.07, 6.45) is 0.940. The minimum Gasteiger partial charge on any atom is -0.494 e. The molecule has 1 N–H and O–H groups in total. The molecule has 0 fully saturated rings. The van der Waals surface area contributed by atoms with Gasteiger partial charge in [0.25, 0.3) is 5.91 Å². The van der Waals surface area contributed by atoms with Gasteiger partial charge in [0, 0.05) is 11.6 Å². The Bertz CT molecular complexity index is 948. The predicted molar refractivity (Wildman–Crippen MR) is 114 cm³/mol. The summed E-state index contributed by atoms with van der Waals surface area (Å²) in [4.78, 5) is 11.9. The SMILES string of the molecule is CCCOc1ccc(OCC(=O)NCCOc2ccc(-c3ccc(F)cc3)nn2)cc1. The molecule has 162 valence electrons. The van der Waals surface area contributed by atoms with E-state index in [4.69, 9.17) is 14.2 Å². The van der Waals surface area contributed by atoms with Gasteiger partial charge in [-0.1, -0.05) is 6.92 Å². The van der Waals surface area contributed by atoms with E-state index in [1.807, 2.05) is 6.92 Å². The summed E-state index contributed by atoms with van der Waals surface area (Å²) in [5.41, 5.74) is 1.37. The number of hydrogen-bond acceptors (Lipinski definition) is 6. The molecular formula is C23H24FN3O4. The molecule has 0 saturated carbocycles. The number of hydrogen-bond donors (Lipinski definition) is 1. The van der Waals surface area contributed by atoms with Crippen molar-refractivity contribution in [1.82, 2.24) is 15.5 Å². The molecular weight excluding hydrogens is 401 g/mol. The number of carbonyl (C=O) groups excluding carboxylic acids is 1. The molecule has 7 nitrogen and oxygen atoms in total. The van der Waals surface area contributed by atoms with Crippen molar-refractivity contribution in [3.05, 3.63) is 66.5 Å². The van der Waals surface area contributed by atoms with Crippen molar-refractivity contribution >= 4 is 5.91 Å². The Morgan fingerprint density at radius 3 is 2.23 bits per heavy atom. The van der Waals surface area contributed by atoms with E-state index in [0.29, 0.717) is 30.5 Å². The molecule has 1 heterocycles. The maximum Gasteiger partial charge on any atom is 0.258 e. The summed E-state index contributed by atoms with van der Waals surface area (Å²) in [6.45, 7) is 3.14. The number of benzene rings is 2. The first-order valence-electron chi connectivity index (χ1n) is 9.99. The molecule has 3 rings (SSSR count). The highest BCUT2D eigenvalue weighted by Crippen LogP contribution is 2.18. The first-order valence-corrected chi connectivity index (χ1v) is 9.99. The van der Waals surface area contributed by atoms with Gasteiger partial charge in [-0.15, -0.1) is 10.2 Å². The van der Waals surface area contributed by atoms with Gasteiger partial charge >= 0.3 is 0 Å². The molecule has 31 heavy (non-hydrogen) atoms. The fourth-order valence-electron chi connectivity index (χ4n) is 2.57. The average Bonchev–Trinajstić information content (AvgIpc) is 2.81. The minimum atomic E-state index is -0.306. The standard InChI is InChI=1S/C23H24FN3O4/c1-2-14-29-19-7-9-20(10-8-19)31-16-22(28)25-13-15-30-23-12-11-21(26-27-23)17-3-5-18(24)6-4-17/h3-12H,2,13-16H2,1H3,(H,25,28). The van der Waals surface area contributed by atoms with E-state index >= 15 is 0 Å². The number of nitrogens with zero attached hydrogens (tertiary/aromatic N) is 2. The van der Waals surface area contributed by atoms with Gasteiger partial charge in [-0.25, -0.2) is 4.39 Å². The molecule has 0 spiro atoms. The monoisotopic (exact) mass is 425 g/mol. The van der Waals surface area contributed by atoms with Crippen LogP contribution in [0.1, 0.15) is 13.3 Å². The van der Waals surface area contributed by atoms with Gasteiger partial charge in [0.15, 0.2) is 6.61 Å². The van der Waals surface area contributed by atoms with E-state index in [-0.39, 0.29) is 24.9 Å². The molecule has 0 aliphatic heterocycles. The second-order valence-electron chi connectivity index (χ2n) is 6.57. The molecule has 0 aliphatic carbocycles. The highest BCUT2D eigenvalue weighted by molar-refractivity contribution is 5.77. The van der Waals surface area contributed by atoms with Crippen LogP contribution in [0.3, 0.4) is 0 Å². The van der Waals surface area contributed by atoms with Crippen LogP contribution in [-0.2, 0) is 4.79 Å². The van der Waals surface area contributed by atoms with Crippen LogP contribution < -0.4 is 19.5 Å². The third-order valence-corrected chi connectivity index (χ3v) is 4.12. The van der Waals surface area contributed by atoms with Crippen LogP contribution in [-0.4, -0.2) is 42.5 Å². The summed E-state index contributed by atoms with van der Waals surface area (Å²) < 4.78 is 29.4. The number of aromatic nitrogens is 2. The van der Waals surface area contributed by atoms with Crippen LogP contribution in [0.15, 0.2) is 60.7 Å². The van der Waals surface area contributed by atoms with Gasteiger partial charge in [0.1, 0.15) is 23.9 Å². The lowest BCUT2D eigenvalue weighted by atomic mass is 10.1. The maximum atomic E-state index is 13.0. The number of nitrogens with one attached hydrogen (secondary N) is 1. The largest absolute Gasteiger partial charge is 0.494 e. The Morgan fingerprint density at radius 2 is 1.58 bits per heavy atom. The fraction of sp³-hybridized carbons (Fsp3) is 0.261. The topological polar surface area (TPSA) is 82.6 Å². The molecule has 1 aromatic heterocycles. The van der Waals surface area contributed by atoms with Gasteiger partial charge in [-0.3, -0.25) is 4.79 Å². The lowest BCUT2D eigenvalue weighted by Gasteiger charge is -2.09. The lowest BCUT2D eigenvalue weighted by Crippen LogP contribution is -2.32. The zero-order valence-electron chi connectivity index (χ0n) is 17.2. The Balaban J connectivity index is 1.33. The van der Waals surface area contributed by atoms with Gasteiger partial charge in [0.05, 0.1) is 18.8 Å². The number of amides is 1. The molecule has 0 aliphatic rings. The first kappa shape index (κ1) is 22.0. The Hall–Kier alpha value is -3.68. The summed E-state index contributed by atoms with van der Waals surface area (Å²) in [7, 11) is 0. The highest BCUT2D eigenvalue weighted by atomic mass is 19.1. The average molecular weight is 425 g/mol. The second-order valence-corrected chi connectivity index (χ2v) is 6.57. The summed E-state index contributed by atoms with van der Waals surface area (Å²) in [6, 6.07) is 16.5. The quantitative estimate of drug-likeness (QED) is 0.472. The summed E-state index contributed by atoms with van der Waals surface area (Å²) in [5, 5.41) is 10.8. The van der Waals surface area contributed by atoms with Crippen LogP contribution in [0.5, 0.6) is 17.4 Å². The predicted octanol–water partition coefficient (Wildman–Crippen LogP) is 3.65. The molecule has 0 bridgehead atoms. The van der Waals surface area contributed by atoms with Gasteiger partial charge < -0.3 is 19.5 Å². The van der Waals surface area contributed by atoms with Crippen LogP contribution in [0, 0.1) is 5.82 Å². The van der Waals surface area contributed by atoms with Crippen molar-refractivity contribution in [1.29, 1.82) is 0 Å². The van der Waals surface area contributed by atoms with Crippen molar-refractivity contribution in [3.8, 4) is 28.6 Å². The van der Waals surface area contributed by atoms with Crippen LogP contribution in [0.2, 0.25) is 0 Å². The van der Waals surface area contributed by atoms with Crippen molar-refractivity contribution < 1.29 is 23.4 Å². The van der Waals surface area contributed by atoms with E-state index < -0.39 is 0 Å². The van der Waals surface area contributed by atoms with E-state index in [9.17, 15) is 9.18 Å². The zero-order valence-corrected chi connectivity index (χ0v) is 17.2. The lowest BCUT2D eigenvalue weighted by molar-refractivity contribution is -0.123. The van der Waals surface area contributed by atoms with Gasteiger partial charge in [-0.2, -0.15) is 0 Å². The van der Waals surface area contributed by atoms with Crippen LogP contribution in [0.25, 0.3) is 11.3 Å². The molecule has 8 heteroatoms. The second kappa shape index (κ2) is 11.5. The van der Waals surface area contributed by atoms with Crippen molar-refractivity contribution in [2.75, 3.05) is 26.4 Å². The molecule has 1 amide bonds. The van der Waals surface area contributed by atoms with E-state index in [1.165, 1.54) is 12.1 Å². The Labute approximate surface area is 180 Å². The highest BCUT2D eigenvalue weighted by Gasteiger charge is 2.05. The minimum absolute atomic E-state index is 0.0959. The Morgan fingerprint density at radius 1 is 0.871 bits per heavy atom. The number of rotatable bonds is 11. The van der Waals surface area contributed by atoms with Gasteiger partial charge in [0.2, 0.25) is 5.88 Å². The molecule has 2 aromatic carbocycles. The zero-order chi connectivity index (χ0) is 21.9. The van der Waals surface area contributed by atoms with E-state index in [0.717, 1.165) is 17.7 Å². The molecule has 3 aromatic rings. The molecule has 0 saturated heterocycles. The van der Waals surface area contributed by atoms with E-state index in [1.54, 1.807) is 48.5 Å². The first-order chi connectivity index (χ1) is 15.1. The Kier molecular flexibility index (Phi) is 8.16. The smallest absolute Gasteiger partial charge is 0.258 e. The van der Waals surface area contributed by atoms with Crippen molar-refractivity contribution in [2.24, 2.45) is 0 Å². The van der Waals surface area contributed by atoms with Crippen LogP contribution in [0.4, 0.5) is 4.39 Å². The van der Waals surface area contributed by atoms with E-state index in [2.05, 4.69) is 15.5 Å². The molecule has 0 atom stereocenters. The number of carbonyl (C=O) groups is 1. The molecule has 0 unspecified atom stereocenters.